The molecule has 2 rings (SSSR count). The molecule has 0 aliphatic rings. The van der Waals surface area contributed by atoms with Crippen LogP contribution in [0.25, 0.3) is 0 Å². The third-order valence-electron chi connectivity index (χ3n) is 2.59. The predicted molar refractivity (Wildman–Crippen MR) is 72.5 cm³/mol. The Balaban J connectivity index is 2.03. The smallest absolute Gasteiger partial charge is 0.228 e. The summed E-state index contributed by atoms with van der Waals surface area (Å²) in [7, 11) is 0. The number of anilines is 1. The second kappa shape index (κ2) is 5.45. The molecule has 1 aromatic carbocycles. The number of hydrogen-bond donors (Lipinski definition) is 1. The van der Waals surface area contributed by atoms with Crippen molar-refractivity contribution in [3.05, 3.63) is 59.4 Å². The summed E-state index contributed by atoms with van der Waals surface area (Å²) < 4.78 is 0. The number of amides is 1. The Morgan fingerprint density at radius 3 is 2.56 bits per heavy atom. The van der Waals surface area contributed by atoms with Gasteiger partial charge in [-0.2, -0.15) is 0 Å². The van der Waals surface area contributed by atoms with Crippen molar-refractivity contribution in [2.24, 2.45) is 0 Å². The lowest BCUT2D eigenvalue weighted by Crippen LogP contribution is -2.14. The van der Waals surface area contributed by atoms with Crippen molar-refractivity contribution in [3.63, 3.8) is 0 Å². The number of carbonyl (C=O) groups is 1. The molecule has 2 aromatic rings. The summed E-state index contributed by atoms with van der Waals surface area (Å²) >= 11 is 0. The van der Waals surface area contributed by atoms with Gasteiger partial charge < -0.3 is 5.32 Å². The zero-order valence-corrected chi connectivity index (χ0v) is 10.6. The highest BCUT2D eigenvalue weighted by molar-refractivity contribution is 5.92. The number of pyridine rings is 1. The lowest BCUT2D eigenvalue weighted by molar-refractivity contribution is -0.115. The standard InChI is InChI=1S/C15H16N2O/c1-11-6-12(2)8-14(7-11)17-15(18)9-13-4-3-5-16-10-13/h3-8,10H,9H2,1-2H3,(H,17,18). The van der Waals surface area contributed by atoms with Crippen molar-refractivity contribution in [3.8, 4) is 0 Å². The molecule has 3 nitrogen and oxygen atoms in total. The molecule has 0 aliphatic heterocycles. The van der Waals surface area contributed by atoms with Crippen LogP contribution < -0.4 is 5.32 Å². The van der Waals surface area contributed by atoms with Gasteiger partial charge in [0, 0.05) is 18.1 Å². The van der Waals surface area contributed by atoms with Crippen molar-refractivity contribution < 1.29 is 4.79 Å². The van der Waals surface area contributed by atoms with Gasteiger partial charge in [-0.15, -0.1) is 0 Å². The van der Waals surface area contributed by atoms with E-state index >= 15 is 0 Å². The molecule has 3 heteroatoms. The van der Waals surface area contributed by atoms with Gasteiger partial charge in [-0.3, -0.25) is 9.78 Å². The van der Waals surface area contributed by atoms with E-state index in [2.05, 4.69) is 16.4 Å². The molecule has 0 bridgehead atoms. The van der Waals surface area contributed by atoms with Gasteiger partial charge >= 0.3 is 0 Å². The lowest BCUT2D eigenvalue weighted by Gasteiger charge is -2.07. The maximum atomic E-state index is 11.9. The van der Waals surface area contributed by atoms with Crippen LogP contribution in [0, 0.1) is 13.8 Å². The fourth-order valence-corrected chi connectivity index (χ4v) is 1.94. The number of benzene rings is 1. The van der Waals surface area contributed by atoms with E-state index in [1.54, 1.807) is 12.4 Å². The molecule has 0 saturated heterocycles. The summed E-state index contributed by atoms with van der Waals surface area (Å²) in [6.07, 6.45) is 3.76. The Hall–Kier alpha value is -2.16. The van der Waals surface area contributed by atoms with E-state index in [0.717, 1.165) is 22.4 Å². The molecule has 0 saturated carbocycles. The zero-order valence-electron chi connectivity index (χ0n) is 10.6. The first-order valence-electron chi connectivity index (χ1n) is 5.90. The van der Waals surface area contributed by atoms with Gasteiger partial charge in [-0.05, 0) is 48.7 Å². The highest BCUT2D eigenvalue weighted by Gasteiger charge is 2.04. The monoisotopic (exact) mass is 240 g/mol. The summed E-state index contributed by atoms with van der Waals surface area (Å²) in [6.45, 7) is 4.04. The minimum absolute atomic E-state index is 0.0204. The van der Waals surface area contributed by atoms with E-state index in [1.165, 1.54) is 0 Å². The van der Waals surface area contributed by atoms with Gasteiger partial charge in [0.2, 0.25) is 5.91 Å². The number of nitrogens with one attached hydrogen (secondary N) is 1. The quantitative estimate of drug-likeness (QED) is 0.896. The van der Waals surface area contributed by atoms with E-state index in [1.807, 2.05) is 38.1 Å². The molecule has 0 spiro atoms. The lowest BCUT2D eigenvalue weighted by atomic mass is 10.1. The first-order valence-corrected chi connectivity index (χ1v) is 5.90. The maximum Gasteiger partial charge on any atom is 0.228 e. The summed E-state index contributed by atoms with van der Waals surface area (Å²) in [5.41, 5.74) is 4.05. The molecular formula is C15H16N2O. The largest absolute Gasteiger partial charge is 0.326 e. The summed E-state index contributed by atoms with van der Waals surface area (Å²) in [5, 5.41) is 2.91. The number of nitrogens with zero attached hydrogens (tertiary/aromatic N) is 1. The van der Waals surface area contributed by atoms with Crippen LogP contribution in [0.2, 0.25) is 0 Å². The molecule has 0 aliphatic carbocycles. The first-order chi connectivity index (χ1) is 8.63. The van der Waals surface area contributed by atoms with Crippen molar-refractivity contribution in [1.82, 2.24) is 4.98 Å². The minimum Gasteiger partial charge on any atom is -0.326 e. The van der Waals surface area contributed by atoms with Gasteiger partial charge in [0.25, 0.3) is 0 Å². The Bertz CT molecular complexity index is 529. The molecule has 18 heavy (non-hydrogen) atoms. The van der Waals surface area contributed by atoms with E-state index in [0.29, 0.717) is 6.42 Å². The molecule has 1 amide bonds. The summed E-state index contributed by atoms with van der Waals surface area (Å²) in [6, 6.07) is 9.74. The van der Waals surface area contributed by atoms with Crippen LogP contribution in [0.4, 0.5) is 5.69 Å². The fraction of sp³-hybridized carbons (Fsp3) is 0.200. The minimum atomic E-state index is -0.0204. The fourth-order valence-electron chi connectivity index (χ4n) is 1.94. The van der Waals surface area contributed by atoms with E-state index < -0.39 is 0 Å². The SMILES string of the molecule is Cc1cc(C)cc(NC(=O)Cc2cccnc2)c1. The third kappa shape index (κ3) is 3.42. The Labute approximate surface area is 107 Å². The number of carbonyl (C=O) groups excluding carboxylic acids is 1. The molecule has 0 radical (unpaired) electrons. The van der Waals surface area contributed by atoms with Crippen LogP contribution in [-0.2, 0) is 11.2 Å². The zero-order chi connectivity index (χ0) is 13.0. The normalized spacial score (nSPS) is 10.1. The van der Waals surface area contributed by atoms with Crippen molar-refractivity contribution in [2.75, 3.05) is 5.32 Å². The van der Waals surface area contributed by atoms with E-state index in [9.17, 15) is 4.79 Å². The highest BCUT2D eigenvalue weighted by atomic mass is 16.1. The van der Waals surface area contributed by atoms with Gasteiger partial charge in [0.1, 0.15) is 0 Å². The Morgan fingerprint density at radius 1 is 1.22 bits per heavy atom. The van der Waals surface area contributed by atoms with E-state index in [-0.39, 0.29) is 5.91 Å². The van der Waals surface area contributed by atoms with E-state index in [4.69, 9.17) is 0 Å². The van der Waals surface area contributed by atoms with Crippen molar-refractivity contribution in [2.45, 2.75) is 20.3 Å². The molecule has 0 atom stereocenters. The molecule has 1 heterocycles. The molecular weight excluding hydrogens is 224 g/mol. The average molecular weight is 240 g/mol. The van der Waals surface area contributed by atoms with Crippen LogP contribution in [0.1, 0.15) is 16.7 Å². The van der Waals surface area contributed by atoms with Gasteiger partial charge in [-0.25, -0.2) is 0 Å². The molecule has 0 unspecified atom stereocenters. The van der Waals surface area contributed by atoms with Crippen molar-refractivity contribution >= 4 is 11.6 Å². The third-order valence-corrected chi connectivity index (χ3v) is 2.59. The number of rotatable bonds is 3. The van der Waals surface area contributed by atoms with Crippen molar-refractivity contribution in [1.29, 1.82) is 0 Å². The molecule has 1 aromatic heterocycles. The van der Waals surface area contributed by atoms with Crippen LogP contribution in [0.5, 0.6) is 0 Å². The summed E-state index contributed by atoms with van der Waals surface area (Å²) in [5.74, 6) is -0.0204. The maximum absolute atomic E-state index is 11.9. The summed E-state index contributed by atoms with van der Waals surface area (Å²) in [4.78, 5) is 15.9. The number of hydrogen-bond acceptors (Lipinski definition) is 2. The van der Waals surface area contributed by atoms with Gasteiger partial charge in [-0.1, -0.05) is 12.1 Å². The van der Waals surface area contributed by atoms with Crippen LogP contribution in [0.15, 0.2) is 42.7 Å². The van der Waals surface area contributed by atoms with Crippen LogP contribution >= 0.6 is 0 Å². The van der Waals surface area contributed by atoms with Gasteiger partial charge in [0.05, 0.1) is 6.42 Å². The number of aromatic nitrogens is 1. The molecule has 92 valence electrons. The molecule has 0 fully saturated rings. The predicted octanol–water partition coefficient (Wildman–Crippen LogP) is 2.88. The Morgan fingerprint density at radius 2 is 1.94 bits per heavy atom. The first kappa shape index (κ1) is 12.3. The van der Waals surface area contributed by atoms with Gasteiger partial charge in [0.15, 0.2) is 0 Å². The second-order valence-corrected chi connectivity index (χ2v) is 4.46. The number of aryl methyl sites for hydroxylation is 2. The van der Waals surface area contributed by atoms with Crippen LogP contribution in [0.3, 0.4) is 0 Å². The highest BCUT2D eigenvalue weighted by Crippen LogP contribution is 2.14. The second-order valence-electron chi connectivity index (χ2n) is 4.46. The molecule has 1 N–H and O–H groups in total. The average Bonchev–Trinajstić information content (AvgIpc) is 2.28. The van der Waals surface area contributed by atoms with Crippen LogP contribution in [-0.4, -0.2) is 10.9 Å². The Kier molecular flexibility index (Phi) is 3.72. The topological polar surface area (TPSA) is 42.0 Å².